The molecule has 14 heteroatoms. The summed E-state index contributed by atoms with van der Waals surface area (Å²) in [5.41, 5.74) is 0.357. The Balaban J connectivity index is 1.44. The van der Waals surface area contributed by atoms with E-state index in [1.165, 1.54) is 11.7 Å². The molecule has 174 valence electrons. The van der Waals surface area contributed by atoms with Crippen LogP contribution in [0.15, 0.2) is 31.0 Å². The van der Waals surface area contributed by atoms with E-state index in [1.807, 2.05) is 0 Å². The van der Waals surface area contributed by atoms with E-state index in [2.05, 4.69) is 45.9 Å². The fourth-order valence-electron chi connectivity index (χ4n) is 5.08. The number of carbonyl (C=O) groups is 1. The summed E-state index contributed by atoms with van der Waals surface area (Å²) in [4.78, 5) is 34.4. The number of nitrogens with one attached hydrogen (secondary N) is 2. The van der Waals surface area contributed by atoms with Gasteiger partial charge >= 0.3 is 0 Å². The Morgan fingerprint density at radius 1 is 1.18 bits per heavy atom. The van der Waals surface area contributed by atoms with Crippen LogP contribution in [0, 0.1) is 11.3 Å². The van der Waals surface area contributed by atoms with E-state index in [-0.39, 0.29) is 17.8 Å². The lowest BCUT2D eigenvalue weighted by molar-refractivity contribution is -0.132. The molecule has 0 aliphatic heterocycles. The molecule has 14 nitrogen and oxygen atoms in total. The SMILES string of the molecule is CNC(=O)C12CC1C(n1cnc3c(NC)nc(-n4cc(-c5ncccn5)nn4)nc31)C(O)C2O. The topological polar surface area (TPSA) is 182 Å². The third kappa shape index (κ3) is 2.69. The van der Waals surface area contributed by atoms with Gasteiger partial charge in [-0.15, -0.1) is 5.10 Å². The monoisotopic (exact) mass is 463 g/mol. The Hall–Kier alpha value is -4.04. The number of aliphatic hydroxyl groups excluding tert-OH is 2. The van der Waals surface area contributed by atoms with Crippen molar-refractivity contribution < 1.29 is 15.0 Å². The van der Waals surface area contributed by atoms with Gasteiger partial charge in [-0.2, -0.15) is 14.6 Å². The van der Waals surface area contributed by atoms with E-state index in [0.717, 1.165) is 0 Å². The summed E-state index contributed by atoms with van der Waals surface area (Å²) in [7, 11) is 3.23. The Kier molecular flexibility index (Phi) is 4.37. The molecule has 6 rings (SSSR count). The van der Waals surface area contributed by atoms with Crippen molar-refractivity contribution in [2.75, 3.05) is 19.4 Å². The molecule has 0 aromatic carbocycles. The van der Waals surface area contributed by atoms with Crippen LogP contribution < -0.4 is 10.6 Å². The van der Waals surface area contributed by atoms with E-state index in [4.69, 9.17) is 0 Å². The minimum atomic E-state index is -1.19. The van der Waals surface area contributed by atoms with Crippen molar-refractivity contribution in [3.8, 4) is 17.5 Å². The highest BCUT2D eigenvalue weighted by atomic mass is 16.3. The highest BCUT2D eigenvalue weighted by molar-refractivity contribution is 5.88. The number of nitrogens with zero attached hydrogens (tertiary/aromatic N) is 9. The second-order valence-electron chi connectivity index (χ2n) is 8.42. The van der Waals surface area contributed by atoms with Crippen LogP contribution in [0.2, 0.25) is 0 Å². The molecule has 34 heavy (non-hydrogen) atoms. The number of amides is 1. The lowest BCUT2D eigenvalue weighted by atomic mass is 9.98. The zero-order valence-corrected chi connectivity index (χ0v) is 18.2. The number of aliphatic hydroxyl groups is 2. The fraction of sp³-hybridized carbons (Fsp3) is 0.400. The Bertz CT molecular complexity index is 1400. The van der Waals surface area contributed by atoms with Crippen molar-refractivity contribution in [2.24, 2.45) is 11.3 Å². The molecule has 4 N–H and O–H groups in total. The van der Waals surface area contributed by atoms with Crippen LogP contribution in [0.1, 0.15) is 12.5 Å². The summed E-state index contributed by atoms with van der Waals surface area (Å²) in [6.45, 7) is 0. The molecule has 2 saturated carbocycles. The molecule has 4 aromatic rings. The van der Waals surface area contributed by atoms with E-state index in [0.29, 0.717) is 34.9 Å². The molecular weight excluding hydrogens is 442 g/mol. The summed E-state index contributed by atoms with van der Waals surface area (Å²) in [5.74, 6) is 0.555. The largest absolute Gasteiger partial charge is 0.389 e. The standard InChI is InChI=1S/C20H21N11O3/c1-21-16-11-17(27-19(26-16)31-7-10(28-29-31)15-23-4-3-5-24-15)30(8-25-11)12-9-6-20(9,18(34)22-2)14(33)13(12)32/h3-5,7-9,12-14,32-33H,6H2,1-2H3,(H,22,34)(H,21,26,27). The predicted molar refractivity (Wildman–Crippen MR) is 116 cm³/mol. The van der Waals surface area contributed by atoms with Crippen molar-refractivity contribution in [2.45, 2.75) is 24.7 Å². The van der Waals surface area contributed by atoms with Gasteiger partial charge in [-0.25, -0.2) is 15.0 Å². The average Bonchev–Trinajstić information content (AvgIpc) is 3.14. The first kappa shape index (κ1) is 20.6. The van der Waals surface area contributed by atoms with Crippen molar-refractivity contribution in [3.05, 3.63) is 31.0 Å². The maximum atomic E-state index is 12.5. The lowest BCUT2D eigenvalue weighted by Gasteiger charge is -2.23. The first-order chi connectivity index (χ1) is 16.5. The molecule has 0 spiro atoms. The van der Waals surface area contributed by atoms with Crippen LogP contribution in [-0.2, 0) is 4.79 Å². The van der Waals surface area contributed by atoms with Gasteiger partial charge in [-0.1, -0.05) is 5.21 Å². The molecule has 0 saturated heterocycles. The highest BCUT2D eigenvalue weighted by Gasteiger charge is 2.75. The smallest absolute Gasteiger partial charge is 0.256 e. The maximum absolute atomic E-state index is 12.5. The molecule has 2 aliphatic rings. The van der Waals surface area contributed by atoms with Crippen molar-refractivity contribution >= 4 is 22.9 Å². The highest BCUT2D eigenvalue weighted by Crippen LogP contribution is 2.67. The van der Waals surface area contributed by atoms with E-state index in [9.17, 15) is 15.0 Å². The van der Waals surface area contributed by atoms with Gasteiger partial charge in [0.05, 0.1) is 30.1 Å². The zero-order chi connectivity index (χ0) is 23.6. The molecule has 4 heterocycles. The third-order valence-corrected chi connectivity index (χ3v) is 6.78. The Labute approximate surface area is 192 Å². The number of fused-ring (bicyclic) bond motifs is 2. The number of imidazole rings is 1. The van der Waals surface area contributed by atoms with Gasteiger partial charge in [0.15, 0.2) is 28.5 Å². The van der Waals surface area contributed by atoms with Crippen LogP contribution in [0.5, 0.6) is 0 Å². The van der Waals surface area contributed by atoms with Crippen LogP contribution in [-0.4, -0.2) is 86.9 Å². The molecule has 2 fully saturated rings. The number of carbonyl (C=O) groups excluding carboxylic acids is 1. The van der Waals surface area contributed by atoms with Gasteiger partial charge in [-0.3, -0.25) is 4.79 Å². The van der Waals surface area contributed by atoms with Gasteiger partial charge in [0.25, 0.3) is 5.95 Å². The quantitative estimate of drug-likeness (QED) is 0.283. The summed E-state index contributed by atoms with van der Waals surface area (Å²) in [5, 5.41) is 35.4. The van der Waals surface area contributed by atoms with Crippen molar-refractivity contribution in [3.63, 3.8) is 0 Å². The number of anilines is 1. The summed E-state index contributed by atoms with van der Waals surface area (Å²) in [6, 6.07) is 1.13. The second-order valence-corrected chi connectivity index (χ2v) is 8.42. The third-order valence-electron chi connectivity index (χ3n) is 6.78. The molecule has 2 aliphatic carbocycles. The molecule has 0 bridgehead atoms. The Morgan fingerprint density at radius 2 is 1.97 bits per heavy atom. The molecular formula is C20H21N11O3. The predicted octanol–water partition coefficient (Wildman–Crippen LogP) is -1.07. The molecule has 0 radical (unpaired) electrons. The van der Waals surface area contributed by atoms with Gasteiger partial charge in [-0.05, 0) is 12.5 Å². The van der Waals surface area contributed by atoms with Gasteiger partial charge in [0.2, 0.25) is 5.91 Å². The molecule has 4 aromatic heterocycles. The Morgan fingerprint density at radius 3 is 2.71 bits per heavy atom. The van der Waals surface area contributed by atoms with Crippen LogP contribution >= 0.6 is 0 Å². The number of rotatable bonds is 5. The summed E-state index contributed by atoms with van der Waals surface area (Å²) >= 11 is 0. The van der Waals surface area contributed by atoms with E-state index in [1.54, 1.807) is 42.6 Å². The van der Waals surface area contributed by atoms with Crippen LogP contribution in [0.25, 0.3) is 28.6 Å². The van der Waals surface area contributed by atoms with Gasteiger partial charge in [0, 0.05) is 32.4 Å². The minimum Gasteiger partial charge on any atom is -0.389 e. The minimum absolute atomic E-state index is 0.217. The molecule has 5 unspecified atom stereocenters. The second kappa shape index (κ2) is 7.23. The van der Waals surface area contributed by atoms with E-state index >= 15 is 0 Å². The number of hydrogen-bond acceptors (Lipinski definition) is 11. The van der Waals surface area contributed by atoms with Crippen molar-refractivity contribution in [1.29, 1.82) is 0 Å². The van der Waals surface area contributed by atoms with E-state index < -0.39 is 23.7 Å². The van der Waals surface area contributed by atoms with Crippen LogP contribution in [0.3, 0.4) is 0 Å². The van der Waals surface area contributed by atoms with Crippen LogP contribution in [0.4, 0.5) is 5.82 Å². The van der Waals surface area contributed by atoms with Gasteiger partial charge in [0.1, 0.15) is 6.10 Å². The summed E-state index contributed by atoms with van der Waals surface area (Å²) < 4.78 is 3.10. The maximum Gasteiger partial charge on any atom is 0.256 e. The number of hydrogen-bond donors (Lipinski definition) is 4. The molecule has 5 atom stereocenters. The molecule has 1 amide bonds. The zero-order valence-electron chi connectivity index (χ0n) is 18.2. The van der Waals surface area contributed by atoms with Crippen molar-refractivity contribution in [1.82, 2.24) is 49.8 Å². The fourth-order valence-corrected chi connectivity index (χ4v) is 5.08. The lowest BCUT2D eigenvalue weighted by Crippen LogP contribution is -2.41. The first-order valence-corrected chi connectivity index (χ1v) is 10.7. The first-order valence-electron chi connectivity index (χ1n) is 10.7. The normalized spacial score (nSPS) is 27.5. The summed E-state index contributed by atoms with van der Waals surface area (Å²) in [6.07, 6.45) is 4.51. The van der Waals surface area contributed by atoms with Gasteiger partial charge < -0.3 is 25.4 Å². The number of aromatic nitrogens is 9. The average molecular weight is 463 g/mol.